The van der Waals surface area contributed by atoms with Crippen LogP contribution in [0.25, 0.3) is 0 Å². The minimum Gasteiger partial charge on any atom is -0.496 e. The Kier molecular flexibility index (Phi) is 8.96. The maximum absolute atomic E-state index is 13.2. The number of esters is 1. The number of ether oxygens (including phenoxy) is 4. The first-order valence-corrected chi connectivity index (χ1v) is 8.25. The van der Waals surface area contributed by atoms with E-state index in [-0.39, 0.29) is 17.1 Å². The van der Waals surface area contributed by atoms with E-state index in [2.05, 4.69) is 0 Å². The number of carbonyl (C=O) groups excluding carboxylic acids is 2. The van der Waals surface area contributed by atoms with Crippen LogP contribution in [0.3, 0.4) is 0 Å². The highest BCUT2D eigenvalue weighted by molar-refractivity contribution is 7.00. The van der Waals surface area contributed by atoms with Crippen molar-refractivity contribution in [3.8, 4) is 17.2 Å². The highest BCUT2D eigenvalue weighted by atomic mass is 31.0. The minimum atomic E-state index is -1.12. The zero-order chi connectivity index (χ0) is 20.4. The third-order valence-electron chi connectivity index (χ3n) is 3.79. The molecule has 0 N–H and O–H groups in total. The lowest BCUT2D eigenvalue weighted by Crippen LogP contribution is -2.24. The summed E-state index contributed by atoms with van der Waals surface area (Å²) in [5, 5.41) is 0. The fraction of sp³-hybridized carbons (Fsp3) is 0.263. The molecule has 0 aliphatic rings. The van der Waals surface area contributed by atoms with E-state index in [0.29, 0.717) is 11.3 Å². The van der Waals surface area contributed by atoms with Crippen molar-refractivity contribution in [2.45, 2.75) is 5.92 Å². The van der Waals surface area contributed by atoms with Crippen LogP contribution in [-0.4, -0.2) is 40.2 Å². The van der Waals surface area contributed by atoms with Crippen molar-refractivity contribution in [2.24, 2.45) is 0 Å². The molecular weight excluding hydrogens is 371 g/mol. The SMILES string of the molecule is COC(=O)C(C(=O)c1c(OC)cc(OC)cc1OC)c1ccccc1.O=[PH2+]. The molecule has 0 saturated heterocycles. The number of hydrogen-bond acceptors (Lipinski definition) is 7. The van der Waals surface area contributed by atoms with Gasteiger partial charge < -0.3 is 18.9 Å². The van der Waals surface area contributed by atoms with E-state index in [1.807, 2.05) is 0 Å². The summed E-state index contributed by atoms with van der Waals surface area (Å²) in [7, 11) is 6.77. The van der Waals surface area contributed by atoms with Crippen LogP contribution in [0.2, 0.25) is 0 Å². The van der Waals surface area contributed by atoms with Crippen LogP contribution >= 0.6 is 9.12 Å². The number of benzene rings is 2. The molecule has 0 aliphatic carbocycles. The molecule has 2 rings (SSSR count). The Morgan fingerprint density at radius 3 is 1.78 bits per heavy atom. The number of hydrogen-bond donors (Lipinski definition) is 0. The van der Waals surface area contributed by atoms with Crippen molar-refractivity contribution >= 4 is 20.9 Å². The molecular formula is C19H22O7P+. The molecule has 2 atom stereocenters. The summed E-state index contributed by atoms with van der Waals surface area (Å²) in [4.78, 5) is 25.5. The summed E-state index contributed by atoms with van der Waals surface area (Å²) in [5.41, 5.74) is 0.685. The summed E-state index contributed by atoms with van der Waals surface area (Å²) in [6.45, 7) is 0. The van der Waals surface area contributed by atoms with E-state index in [1.54, 1.807) is 42.5 Å². The lowest BCUT2D eigenvalue weighted by Gasteiger charge is -2.18. The molecule has 2 aromatic carbocycles. The van der Waals surface area contributed by atoms with E-state index < -0.39 is 17.7 Å². The second kappa shape index (κ2) is 10.9. The Labute approximate surface area is 159 Å². The second-order valence-electron chi connectivity index (χ2n) is 5.14. The normalized spacial score (nSPS) is 10.7. The summed E-state index contributed by atoms with van der Waals surface area (Å²) in [6.07, 6.45) is 0. The third-order valence-corrected chi connectivity index (χ3v) is 3.79. The first-order chi connectivity index (χ1) is 13.1. The van der Waals surface area contributed by atoms with Gasteiger partial charge in [0, 0.05) is 12.1 Å². The molecule has 7 nitrogen and oxygen atoms in total. The van der Waals surface area contributed by atoms with Gasteiger partial charge in [-0.3, -0.25) is 9.59 Å². The van der Waals surface area contributed by atoms with Crippen molar-refractivity contribution in [3.05, 3.63) is 53.6 Å². The van der Waals surface area contributed by atoms with Crippen LogP contribution in [0.5, 0.6) is 17.2 Å². The molecule has 0 bridgehead atoms. The van der Waals surface area contributed by atoms with Crippen LogP contribution in [-0.2, 0) is 14.1 Å². The molecule has 2 aromatic rings. The minimum absolute atomic E-state index is 0.157. The summed E-state index contributed by atoms with van der Waals surface area (Å²) in [5.74, 6) is -1.27. The van der Waals surface area contributed by atoms with Gasteiger partial charge in [0.15, 0.2) is 5.78 Å². The molecule has 0 heterocycles. The Morgan fingerprint density at radius 1 is 0.852 bits per heavy atom. The number of ketones is 1. The number of carbonyl (C=O) groups is 2. The topological polar surface area (TPSA) is 88.1 Å². The van der Waals surface area contributed by atoms with Crippen LogP contribution in [0.4, 0.5) is 0 Å². The number of Topliss-reactive ketones (excluding diaryl/α,β-unsaturated/α-hetero) is 1. The van der Waals surface area contributed by atoms with Gasteiger partial charge in [0.1, 0.15) is 28.7 Å². The van der Waals surface area contributed by atoms with Gasteiger partial charge in [-0.05, 0) is 5.56 Å². The molecule has 0 spiro atoms. The smallest absolute Gasteiger partial charge is 0.321 e. The largest absolute Gasteiger partial charge is 0.496 e. The van der Waals surface area contributed by atoms with E-state index >= 15 is 0 Å². The van der Waals surface area contributed by atoms with Crippen LogP contribution in [0.1, 0.15) is 21.8 Å². The first-order valence-electron chi connectivity index (χ1n) is 7.77. The van der Waals surface area contributed by atoms with Crippen LogP contribution in [0.15, 0.2) is 42.5 Å². The Morgan fingerprint density at radius 2 is 1.37 bits per heavy atom. The Hall–Kier alpha value is -2.92. The van der Waals surface area contributed by atoms with Gasteiger partial charge in [-0.2, -0.15) is 0 Å². The average Bonchev–Trinajstić information content (AvgIpc) is 2.74. The highest BCUT2D eigenvalue weighted by Crippen LogP contribution is 2.37. The maximum Gasteiger partial charge on any atom is 0.321 e. The molecule has 2 unspecified atom stereocenters. The van der Waals surface area contributed by atoms with Gasteiger partial charge in [0.25, 0.3) is 0 Å². The van der Waals surface area contributed by atoms with Crippen molar-refractivity contribution in [2.75, 3.05) is 28.4 Å². The van der Waals surface area contributed by atoms with E-state index in [0.717, 1.165) is 0 Å². The van der Waals surface area contributed by atoms with Crippen molar-refractivity contribution in [3.63, 3.8) is 0 Å². The predicted octanol–water partition coefficient (Wildman–Crippen LogP) is 3.06. The highest BCUT2D eigenvalue weighted by Gasteiger charge is 2.34. The lowest BCUT2D eigenvalue weighted by molar-refractivity contribution is -0.141. The molecule has 0 aliphatic heterocycles. The van der Waals surface area contributed by atoms with Gasteiger partial charge in [0.2, 0.25) is 0 Å². The molecule has 0 amide bonds. The molecule has 144 valence electrons. The number of rotatable bonds is 7. The van der Waals surface area contributed by atoms with Crippen molar-refractivity contribution in [1.82, 2.24) is 0 Å². The van der Waals surface area contributed by atoms with Crippen molar-refractivity contribution in [1.29, 1.82) is 0 Å². The zero-order valence-electron chi connectivity index (χ0n) is 15.6. The Bertz CT molecular complexity index is 752. The van der Waals surface area contributed by atoms with Crippen LogP contribution in [0, 0.1) is 0 Å². The molecule has 0 saturated carbocycles. The van der Waals surface area contributed by atoms with Gasteiger partial charge >= 0.3 is 15.1 Å². The predicted molar refractivity (Wildman–Crippen MR) is 102 cm³/mol. The van der Waals surface area contributed by atoms with Gasteiger partial charge in [-0.25, -0.2) is 0 Å². The van der Waals surface area contributed by atoms with Gasteiger partial charge in [0.05, 0.1) is 28.4 Å². The first kappa shape index (κ1) is 22.1. The number of methoxy groups -OCH3 is 4. The second-order valence-corrected chi connectivity index (χ2v) is 5.14. The summed E-state index contributed by atoms with van der Waals surface area (Å²) in [6, 6.07) is 11.8. The molecule has 0 fully saturated rings. The van der Waals surface area contributed by atoms with Gasteiger partial charge in [-0.1, -0.05) is 34.9 Å². The van der Waals surface area contributed by atoms with E-state index in [4.69, 9.17) is 23.5 Å². The average molecular weight is 393 g/mol. The molecule has 0 radical (unpaired) electrons. The van der Waals surface area contributed by atoms with Gasteiger partial charge in [-0.15, -0.1) is 0 Å². The maximum atomic E-state index is 13.2. The van der Waals surface area contributed by atoms with E-state index in [9.17, 15) is 9.59 Å². The fourth-order valence-electron chi connectivity index (χ4n) is 2.55. The third kappa shape index (κ3) is 5.05. The zero-order valence-corrected chi connectivity index (χ0v) is 16.7. The molecule has 0 aromatic heterocycles. The fourth-order valence-corrected chi connectivity index (χ4v) is 2.55. The van der Waals surface area contributed by atoms with Crippen LogP contribution < -0.4 is 14.2 Å². The van der Waals surface area contributed by atoms with Crippen molar-refractivity contribution < 1.29 is 33.1 Å². The standard InChI is InChI=1S/C19H20O6.H2OP/c1-22-13-10-14(23-2)17(15(11-13)24-3)18(20)16(19(21)25-4)12-8-6-5-7-9-12;1-2/h5-11,16H,1-4H3;2H2/q;+1. The molecule has 27 heavy (non-hydrogen) atoms. The van der Waals surface area contributed by atoms with E-state index in [1.165, 1.54) is 37.6 Å². The Balaban J connectivity index is 0.00000176. The molecule has 8 heteroatoms. The quantitative estimate of drug-likeness (QED) is 0.309. The monoisotopic (exact) mass is 393 g/mol. The summed E-state index contributed by atoms with van der Waals surface area (Å²) >= 11 is 0. The summed E-state index contributed by atoms with van der Waals surface area (Å²) < 4.78 is 28.8. The lowest BCUT2D eigenvalue weighted by atomic mass is 9.89.